The van der Waals surface area contributed by atoms with E-state index in [2.05, 4.69) is 30.8 Å². The van der Waals surface area contributed by atoms with Crippen LogP contribution in [0, 0.1) is 0 Å². The smallest absolute Gasteiger partial charge is 0.119 e. The van der Waals surface area contributed by atoms with Crippen LogP contribution in [0.1, 0.15) is 36.8 Å². The molecule has 0 aromatic heterocycles. The fraction of sp³-hybridized carbons (Fsp3) is 0.571. The monoisotopic (exact) mass is 236 g/mol. The first-order valence-corrected chi connectivity index (χ1v) is 6.89. The molecule has 0 bridgehead atoms. The van der Waals surface area contributed by atoms with Crippen molar-refractivity contribution in [2.75, 3.05) is 12.4 Å². The summed E-state index contributed by atoms with van der Waals surface area (Å²) in [6.07, 6.45) is 7.37. The molecule has 0 saturated carbocycles. The van der Waals surface area contributed by atoms with E-state index in [1.165, 1.54) is 36.8 Å². The third kappa shape index (κ3) is 3.18. The van der Waals surface area contributed by atoms with E-state index >= 15 is 0 Å². The SMILES string of the molecule is SCCCCOc1ccc2c(c1)CCCC2. The zero-order valence-corrected chi connectivity index (χ0v) is 10.6. The van der Waals surface area contributed by atoms with Crippen molar-refractivity contribution in [3.8, 4) is 5.75 Å². The highest BCUT2D eigenvalue weighted by atomic mass is 32.1. The summed E-state index contributed by atoms with van der Waals surface area (Å²) in [5, 5.41) is 0. The Hall–Kier alpha value is -0.630. The lowest BCUT2D eigenvalue weighted by molar-refractivity contribution is 0.309. The maximum Gasteiger partial charge on any atom is 0.119 e. The predicted octanol–water partition coefficient (Wildman–Crippen LogP) is 3.65. The maximum atomic E-state index is 5.74. The number of hydrogen-bond acceptors (Lipinski definition) is 2. The second kappa shape index (κ2) is 6.19. The molecular weight excluding hydrogens is 216 g/mol. The van der Waals surface area contributed by atoms with Crippen LogP contribution < -0.4 is 4.74 Å². The van der Waals surface area contributed by atoms with Crippen LogP contribution in [0.2, 0.25) is 0 Å². The Balaban J connectivity index is 1.90. The number of hydrogen-bond donors (Lipinski definition) is 1. The molecule has 88 valence electrons. The second-order valence-electron chi connectivity index (χ2n) is 4.42. The number of rotatable bonds is 5. The molecule has 0 amide bonds. The molecule has 2 rings (SSSR count). The van der Waals surface area contributed by atoms with E-state index < -0.39 is 0 Å². The largest absolute Gasteiger partial charge is 0.494 e. The highest BCUT2D eigenvalue weighted by Crippen LogP contribution is 2.25. The van der Waals surface area contributed by atoms with Crippen molar-refractivity contribution >= 4 is 12.6 Å². The van der Waals surface area contributed by atoms with Crippen LogP contribution in [0.4, 0.5) is 0 Å². The minimum atomic E-state index is 0.819. The zero-order valence-electron chi connectivity index (χ0n) is 9.74. The van der Waals surface area contributed by atoms with E-state index in [0.29, 0.717) is 0 Å². The summed E-state index contributed by atoms with van der Waals surface area (Å²) in [7, 11) is 0. The van der Waals surface area contributed by atoms with Crippen molar-refractivity contribution in [2.45, 2.75) is 38.5 Å². The molecule has 0 unspecified atom stereocenters. The Kier molecular flexibility index (Phi) is 4.58. The van der Waals surface area contributed by atoms with Crippen molar-refractivity contribution in [2.24, 2.45) is 0 Å². The van der Waals surface area contributed by atoms with Crippen LogP contribution in [0.3, 0.4) is 0 Å². The molecule has 1 aliphatic carbocycles. The van der Waals surface area contributed by atoms with Crippen LogP contribution >= 0.6 is 12.6 Å². The third-order valence-corrected chi connectivity index (χ3v) is 3.46. The molecule has 16 heavy (non-hydrogen) atoms. The lowest BCUT2D eigenvalue weighted by Crippen LogP contribution is -2.04. The lowest BCUT2D eigenvalue weighted by atomic mass is 9.92. The van der Waals surface area contributed by atoms with Crippen LogP contribution in [0.25, 0.3) is 0 Å². The summed E-state index contributed by atoms with van der Waals surface area (Å²) in [6.45, 7) is 0.819. The Morgan fingerprint density at radius 1 is 1.06 bits per heavy atom. The Labute approximate surface area is 104 Å². The molecule has 0 atom stereocenters. The van der Waals surface area contributed by atoms with Gasteiger partial charge in [0.25, 0.3) is 0 Å². The van der Waals surface area contributed by atoms with E-state index in [9.17, 15) is 0 Å². The van der Waals surface area contributed by atoms with Crippen LogP contribution in [0.5, 0.6) is 5.75 Å². The first-order valence-electron chi connectivity index (χ1n) is 6.25. The first kappa shape index (κ1) is 11.8. The van der Waals surface area contributed by atoms with Gasteiger partial charge < -0.3 is 4.74 Å². The van der Waals surface area contributed by atoms with Gasteiger partial charge in [0.05, 0.1) is 6.61 Å². The number of fused-ring (bicyclic) bond motifs is 1. The summed E-state index contributed by atoms with van der Waals surface area (Å²) < 4.78 is 5.74. The molecule has 2 heteroatoms. The minimum Gasteiger partial charge on any atom is -0.494 e. The van der Waals surface area contributed by atoms with Gasteiger partial charge in [-0.15, -0.1) is 0 Å². The topological polar surface area (TPSA) is 9.23 Å². The van der Waals surface area contributed by atoms with Crippen molar-refractivity contribution in [3.63, 3.8) is 0 Å². The number of thiol groups is 1. The van der Waals surface area contributed by atoms with E-state index in [0.717, 1.165) is 31.0 Å². The van der Waals surface area contributed by atoms with Gasteiger partial charge in [0.2, 0.25) is 0 Å². The molecule has 1 aromatic carbocycles. The van der Waals surface area contributed by atoms with Crippen molar-refractivity contribution in [1.82, 2.24) is 0 Å². The van der Waals surface area contributed by atoms with Gasteiger partial charge in [-0.3, -0.25) is 0 Å². The number of unbranched alkanes of at least 4 members (excludes halogenated alkanes) is 1. The molecule has 1 aromatic rings. The van der Waals surface area contributed by atoms with E-state index in [1.807, 2.05) is 0 Å². The van der Waals surface area contributed by atoms with Gasteiger partial charge in [-0.05, 0) is 67.5 Å². The van der Waals surface area contributed by atoms with Crippen LogP contribution in [-0.4, -0.2) is 12.4 Å². The number of ether oxygens (including phenoxy) is 1. The Morgan fingerprint density at radius 2 is 1.88 bits per heavy atom. The molecule has 0 spiro atoms. The zero-order chi connectivity index (χ0) is 11.2. The molecule has 1 aliphatic rings. The fourth-order valence-electron chi connectivity index (χ4n) is 2.20. The molecule has 0 N–H and O–H groups in total. The summed E-state index contributed by atoms with van der Waals surface area (Å²) in [5.41, 5.74) is 3.02. The van der Waals surface area contributed by atoms with E-state index in [4.69, 9.17) is 4.74 Å². The highest BCUT2D eigenvalue weighted by molar-refractivity contribution is 7.80. The molecule has 0 aliphatic heterocycles. The van der Waals surface area contributed by atoms with Gasteiger partial charge in [0.1, 0.15) is 5.75 Å². The Bertz CT molecular complexity index is 336. The second-order valence-corrected chi connectivity index (χ2v) is 4.86. The van der Waals surface area contributed by atoms with Gasteiger partial charge in [-0.1, -0.05) is 6.07 Å². The van der Waals surface area contributed by atoms with E-state index in [-0.39, 0.29) is 0 Å². The summed E-state index contributed by atoms with van der Waals surface area (Å²) in [5.74, 6) is 1.99. The van der Waals surface area contributed by atoms with Crippen molar-refractivity contribution in [3.05, 3.63) is 29.3 Å². The quantitative estimate of drug-likeness (QED) is 0.606. The molecule has 0 heterocycles. The number of aryl methyl sites for hydroxylation is 2. The Morgan fingerprint density at radius 3 is 2.69 bits per heavy atom. The molecule has 0 fully saturated rings. The molecule has 1 nitrogen and oxygen atoms in total. The van der Waals surface area contributed by atoms with Crippen molar-refractivity contribution in [1.29, 1.82) is 0 Å². The lowest BCUT2D eigenvalue weighted by Gasteiger charge is -2.16. The molecular formula is C14H20OS. The van der Waals surface area contributed by atoms with E-state index in [1.54, 1.807) is 0 Å². The fourth-order valence-corrected chi connectivity index (χ4v) is 2.43. The average molecular weight is 236 g/mol. The predicted molar refractivity (Wildman–Crippen MR) is 71.7 cm³/mol. The van der Waals surface area contributed by atoms with Gasteiger partial charge in [0, 0.05) is 0 Å². The summed E-state index contributed by atoms with van der Waals surface area (Å²) in [4.78, 5) is 0. The van der Waals surface area contributed by atoms with Gasteiger partial charge >= 0.3 is 0 Å². The highest BCUT2D eigenvalue weighted by Gasteiger charge is 2.09. The van der Waals surface area contributed by atoms with Gasteiger partial charge in [0.15, 0.2) is 0 Å². The van der Waals surface area contributed by atoms with Crippen LogP contribution in [0.15, 0.2) is 18.2 Å². The summed E-state index contributed by atoms with van der Waals surface area (Å²) >= 11 is 4.19. The maximum absolute atomic E-state index is 5.74. The third-order valence-electron chi connectivity index (χ3n) is 3.14. The van der Waals surface area contributed by atoms with Crippen LogP contribution in [-0.2, 0) is 12.8 Å². The number of benzene rings is 1. The van der Waals surface area contributed by atoms with Crippen molar-refractivity contribution < 1.29 is 4.74 Å². The minimum absolute atomic E-state index is 0.819. The molecule has 0 radical (unpaired) electrons. The summed E-state index contributed by atoms with van der Waals surface area (Å²) in [6, 6.07) is 6.59. The normalized spacial score (nSPS) is 14.6. The van der Waals surface area contributed by atoms with Gasteiger partial charge in [-0.2, -0.15) is 12.6 Å². The average Bonchev–Trinajstić information content (AvgIpc) is 2.34. The first-order chi connectivity index (χ1) is 7.90. The van der Waals surface area contributed by atoms with Gasteiger partial charge in [-0.25, -0.2) is 0 Å². The molecule has 0 saturated heterocycles. The standard InChI is InChI=1S/C14H20OS/c16-10-4-3-9-15-14-8-7-12-5-1-2-6-13(12)11-14/h7-8,11,16H,1-6,9-10H2.